The predicted octanol–water partition coefficient (Wildman–Crippen LogP) is 3.72. The summed E-state index contributed by atoms with van der Waals surface area (Å²) in [4.78, 5) is 21.8. The van der Waals surface area contributed by atoms with Crippen LogP contribution in [0.25, 0.3) is 21.9 Å². The first-order valence-electron chi connectivity index (χ1n) is 6.65. The minimum absolute atomic E-state index is 0.358. The third-order valence-corrected chi connectivity index (χ3v) is 4.30. The molecular formula is C15H10ClN5S. The van der Waals surface area contributed by atoms with Gasteiger partial charge in [0, 0.05) is 18.3 Å². The summed E-state index contributed by atoms with van der Waals surface area (Å²) in [5.41, 5.74) is 2.17. The number of aromatic nitrogens is 5. The summed E-state index contributed by atoms with van der Waals surface area (Å²) in [6.07, 6.45) is 2.36. The lowest BCUT2D eigenvalue weighted by atomic mass is 10.3. The van der Waals surface area contributed by atoms with E-state index in [0.717, 1.165) is 16.4 Å². The molecule has 0 saturated carbocycles. The maximum atomic E-state index is 6.25. The molecule has 0 aromatic carbocycles. The molecule has 0 amide bonds. The standard InChI is InChI=1S/C15H10ClN5S/c16-13-12-15(21-14(20-13)10-5-3-7-22-10)19-11(18-12)8-9-4-1-2-6-17-9/h1-7H,8H2,(H,18,19,20,21). The smallest absolute Gasteiger partial charge is 0.173 e. The normalized spacial score (nSPS) is 11.1. The first-order valence-corrected chi connectivity index (χ1v) is 7.91. The molecule has 0 saturated heterocycles. The molecule has 0 aliphatic heterocycles. The van der Waals surface area contributed by atoms with Gasteiger partial charge in [-0.1, -0.05) is 23.7 Å². The zero-order valence-corrected chi connectivity index (χ0v) is 12.9. The fourth-order valence-electron chi connectivity index (χ4n) is 2.19. The highest BCUT2D eigenvalue weighted by atomic mass is 35.5. The summed E-state index contributed by atoms with van der Waals surface area (Å²) in [5.74, 6) is 1.38. The van der Waals surface area contributed by atoms with Gasteiger partial charge in [-0.3, -0.25) is 4.98 Å². The number of pyridine rings is 1. The molecule has 0 aliphatic rings. The molecule has 4 aromatic rings. The summed E-state index contributed by atoms with van der Waals surface area (Å²) in [6.45, 7) is 0. The molecule has 5 nitrogen and oxygen atoms in total. The third kappa shape index (κ3) is 2.47. The Morgan fingerprint density at radius 2 is 2.05 bits per heavy atom. The summed E-state index contributed by atoms with van der Waals surface area (Å²) >= 11 is 7.83. The van der Waals surface area contributed by atoms with Gasteiger partial charge >= 0.3 is 0 Å². The number of hydrogen-bond donors (Lipinski definition) is 1. The molecule has 4 aromatic heterocycles. The van der Waals surface area contributed by atoms with E-state index in [9.17, 15) is 0 Å². The minimum Gasteiger partial charge on any atom is -0.326 e. The quantitative estimate of drug-likeness (QED) is 0.582. The number of H-pyrrole nitrogens is 1. The van der Waals surface area contributed by atoms with Crippen molar-refractivity contribution in [2.75, 3.05) is 0 Å². The first-order chi connectivity index (χ1) is 10.8. The molecule has 0 spiro atoms. The fraction of sp³-hybridized carbons (Fsp3) is 0.0667. The van der Waals surface area contributed by atoms with Crippen LogP contribution in [0.1, 0.15) is 11.5 Å². The highest BCUT2D eigenvalue weighted by molar-refractivity contribution is 7.13. The van der Waals surface area contributed by atoms with Crippen molar-refractivity contribution in [2.24, 2.45) is 0 Å². The summed E-state index contributed by atoms with van der Waals surface area (Å²) < 4.78 is 0. The molecule has 4 rings (SSSR count). The number of aromatic amines is 1. The second-order valence-corrected chi connectivity index (χ2v) is 6.00. The van der Waals surface area contributed by atoms with Crippen LogP contribution in [0, 0.1) is 0 Å². The molecule has 22 heavy (non-hydrogen) atoms. The van der Waals surface area contributed by atoms with Gasteiger partial charge in [0.1, 0.15) is 11.3 Å². The van der Waals surface area contributed by atoms with Crippen LogP contribution >= 0.6 is 22.9 Å². The fourth-order valence-corrected chi connectivity index (χ4v) is 3.06. The zero-order valence-electron chi connectivity index (χ0n) is 11.3. The van der Waals surface area contributed by atoms with Gasteiger partial charge in [0.15, 0.2) is 16.6 Å². The van der Waals surface area contributed by atoms with Crippen LogP contribution in [0.2, 0.25) is 5.15 Å². The van der Waals surface area contributed by atoms with Crippen molar-refractivity contribution in [3.05, 3.63) is 58.6 Å². The Hall–Kier alpha value is -2.31. The van der Waals surface area contributed by atoms with Gasteiger partial charge < -0.3 is 4.98 Å². The number of nitrogens with zero attached hydrogens (tertiary/aromatic N) is 4. The van der Waals surface area contributed by atoms with Gasteiger partial charge in [0.25, 0.3) is 0 Å². The zero-order chi connectivity index (χ0) is 14.9. The lowest BCUT2D eigenvalue weighted by Crippen LogP contribution is -1.92. The SMILES string of the molecule is Clc1nc(-c2cccs2)nc2[nH]c(Cc3ccccn3)nc12. The van der Waals surface area contributed by atoms with E-state index < -0.39 is 0 Å². The van der Waals surface area contributed by atoms with E-state index in [4.69, 9.17) is 11.6 Å². The predicted molar refractivity (Wildman–Crippen MR) is 87.0 cm³/mol. The van der Waals surface area contributed by atoms with Crippen molar-refractivity contribution >= 4 is 34.1 Å². The third-order valence-electron chi connectivity index (χ3n) is 3.17. The maximum absolute atomic E-state index is 6.25. The van der Waals surface area contributed by atoms with Gasteiger partial charge in [-0.25, -0.2) is 15.0 Å². The van der Waals surface area contributed by atoms with Gasteiger partial charge in [-0.2, -0.15) is 0 Å². The van der Waals surface area contributed by atoms with Crippen LogP contribution in [-0.4, -0.2) is 24.9 Å². The lowest BCUT2D eigenvalue weighted by molar-refractivity contribution is 0.983. The van der Waals surface area contributed by atoms with Crippen molar-refractivity contribution in [1.29, 1.82) is 0 Å². The number of halogens is 1. The summed E-state index contributed by atoms with van der Waals surface area (Å²) in [6, 6.07) is 9.72. The minimum atomic E-state index is 0.358. The number of fused-ring (bicyclic) bond motifs is 1. The summed E-state index contributed by atoms with van der Waals surface area (Å²) in [5, 5.41) is 2.34. The van der Waals surface area contributed by atoms with Crippen LogP contribution in [0.15, 0.2) is 41.9 Å². The van der Waals surface area contributed by atoms with Crippen LogP contribution in [-0.2, 0) is 6.42 Å². The molecule has 108 valence electrons. The van der Waals surface area contributed by atoms with E-state index >= 15 is 0 Å². The van der Waals surface area contributed by atoms with Crippen molar-refractivity contribution < 1.29 is 0 Å². The number of imidazole rings is 1. The summed E-state index contributed by atoms with van der Waals surface area (Å²) in [7, 11) is 0. The van der Waals surface area contributed by atoms with Gasteiger partial charge in [0.05, 0.1) is 4.88 Å². The van der Waals surface area contributed by atoms with Crippen LogP contribution in [0.5, 0.6) is 0 Å². The van der Waals surface area contributed by atoms with Gasteiger partial charge in [-0.15, -0.1) is 11.3 Å². The molecule has 0 fully saturated rings. The van der Waals surface area contributed by atoms with Crippen molar-refractivity contribution in [1.82, 2.24) is 24.9 Å². The Balaban J connectivity index is 1.76. The van der Waals surface area contributed by atoms with E-state index in [2.05, 4.69) is 24.9 Å². The lowest BCUT2D eigenvalue weighted by Gasteiger charge is -1.97. The van der Waals surface area contributed by atoms with E-state index in [0.29, 0.717) is 28.6 Å². The molecule has 0 radical (unpaired) electrons. The number of nitrogens with one attached hydrogen (secondary N) is 1. The average Bonchev–Trinajstić information content (AvgIpc) is 3.17. The van der Waals surface area contributed by atoms with E-state index in [-0.39, 0.29) is 0 Å². The van der Waals surface area contributed by atoms with Crippen LogP contribution < -0.4 is 0 Å². The van der Waals surface area contributed by atoms with Crippen LogP contribution in [0.4, 0.5) is 0 Å². The second kappa shape index (κ2) is 5.47. The monoisotopic (exact) mass is 327 g/mol. The van der Waals surface area contributed by atoms with Gasteiger partial charge in [-0.05, 0) is 23.6 Å². The topological polar surface area (TPSA) is 67.3 Å². The average molecular weight is 328 g/mol. The number of thiophene rings is 1. The molecule has 1 N–H and O–H groups in total. The molecule has 4 heterocycles. The molecule has 0 bridgehead atoms. The highest BCUT2D eigenvalue weighted by Crippen LogP contribution is 2.26. The molecule has 0 aliphatic carbocycles. The van der Waals surface area contributed by atoms with Crippen molar-refractivity contribution in [3.63, 3.8) is 0 Å². The number of hydrogen-bond acceptors (Lipinski definition) is 5. The largest absolute Gasteiger partial charge is 0.326 e. The molecular weight excluding hydrogens is 318 g/mol. The van der Waals surface area contributed by atoms with Crippen LogP contribution in [0.3, 0.4) is 0 Å². The van der Waals surface area contributed by atoms with Gasteiger partial charge in [0.2, 0.25) is 0 Å². The highest BCUT2D eigenvalue weighted by Gasteiger charge is 2.13. The number of rotatable bonds is 3. The Morgan fingerprint density at radius 1 is 1.09 bits per heavy atom. The molecule has 0 unspecified atom stereocenters. The molecule has 0 atom stereocenters. The van der Waals surface area contributed by atoms with E-state index in [1.54, 1.807) is 17.5 Å². The maximum Gasteiger partial charge on any atom is 0.173 e. The van der Waals surface area contributed by atoms with E-state index in [1.165, 1.54) is 0 Å². The second-order valence-electron chi connectivity index (χ2n) is 4.69. The van der Waals surface area contributed by atoms with Crippen molar-refractivity contribution in [3.8, 4) is 10.7 Å². The molecule has 7 heteroatoms. The van der Waals surface area contributed by atoms with E-state index in [1.807, 2.05) is 35.7 Å². The Bertz CT molecular complexity index is 918. The Morgan fingerprint density at radius 3 is 2.82 bits per heavy atom. The Kier molecular flexibility index (Phi) is 3.32. The van der Waals surface area contributed by atoms with Crippen molar-refractivity contribution in [2.45, 2.75) is 6.42 Å². The first kappa shape index (κ1) is 13.4. The Labute approximate surface area is 135 Å².